The molecule has 2 aliphatic rings. The van der Waals surface area contributed by atoms with Crippen LogP contribution in [0.2, 0.25) is 0 Å². The summed E-state index contributed by atoms with van der Waals surface area (Å²) in [7, 11) is 0. The van der Waals surface area contributed by atoms with Crippen LogP contribution in [0.3, 0.4) is 0 Å². The lowest BCUT2D eigenvalue weighted by atomic mass is 9.88. The van der Waals surface area contributed by atoms with Crippen molar-refractivity contribution in [2.45, 2.75) is 49.2 Å². The summed E-state index contributed by atoms with van der Waals surface area (Å²) >= 11 is 1.44. The van der Waals surface area contributed by atoms with Crippen molar-refractivity contribution in [3.05, 3.63) is 12.2 Å². The number of hydrogen-bond acceptors (Lipinski definition) is 6. The van der Waals surface area contributed by atoms with E-state index in [4.69, 9.17) is 10.5 Å². The first-order chi connectivity index (χ1) is 8.52. The van der Waals surface area contributed by atoms with E-state index in [0.717, 1.165) is 12.2 Å². The zero-order valence-corrected chi connectivity index (χ0v) is 11.2. The van der Waals surface area contributed by atoms with Crippen molar-refractivity contribution in [1.29, 1.82) is 0 Å². The van der Waals surface area contributed by atoms with Crippen LogP contribution in [0.15, 0.2) is 12.2 Å². The molecule has 2 bridgehead atoms. The lowest BCUT2D eigenvalue weighted by molar-refractivity contribution is -0.204. The Morgan fingerprint density at radius 2 is 1.94 bits per heavy atom. The van der Waals surface area contributed by atoms with Gasteiger partial charge in [0.1, 0.15) is 29.9 Å². The first-order valence-corrected chi connectivity index (χ1v) is 7.30. The second-order valence-corrected chi connectivity index (χ2v) is 6.17. The summed E-state index contributed by atoms with van der Waals surface area (Å²) < 4.78 is 5.68. The normalized spacial score (nSPS) is 51.7. The van der Waals surface area contributed by atoms with E-state index in [-0.39, 0.29) is 5.92 Å². The molecule has 0 aromatic carbocycles. The number of ether oxygens (including phenoxy) is 1. The Balaban J connectivity index is 2.22. The molecule has 2 rings (SSSR count). The van der Waals surface area contributed by atoms with Gasteiger partial charge >= 0.3 is 0 Å². The second kappa shape index (κ2) is 5.90. The molecular weight excluding hydrogens is 254 g/mol. The molecule has 7 atom stereocenters. The minimum atomic E-state index is -1.21. The predicted octanol–water partition coefficient (Wildman–Crippen LogP) is -0.550. The summed E-state index contributed by atoms with van der Waals surface area (Å²) in [5, 5.41) is 29.7. The Kier molecular flexibility index (Phi) is 4.69. The fourth-order valence-corrected chi connectivity index (χ4v) is 3.39. The molecule has 0 spiro atoms. The Labute approximate surface area is 111 Å². The maximum atomic E-state index is 9.98. The third-order valence-electron chi connectivity index (χ3n) is 3.60. The van der Waals surface area contributed by atoms with E-state index >= 15 is 0 Å². The zero-order chi connectivity index (χ0) is 13.3. The van der Waals surface area contributed by atoms with Gasteiger partial charge in [0, 0.05) is 6.04 Å². The molecule has 0 radical (unpaired) electrons. The van der Waals surface area contributed by atoms with Gasteiger partial charge in [-0.1, -0.05) is 19.1 Å². The van der Waals surface area contributed by atoms with Crippen molar-refractivity contribution in [3.63, 3.8) is 0 Å². The molecule has 0 unspecified atom stereocenters. The van der Waals surface area contributed by atoms with E-state index in [1.165, 1.54) is 11.8 Å². The van der Waals surface area contributed by atoms with Gasteiger partial charge < -0.3 is 25.8 Å². The van der Waals surface area contributed by atoms with Crippen LogP contribution in [0.5, 0.6) is 0 Å². The van der Waals surface area contributed by atoms with Crippen LogP contribution in [-0.2, 0) is 4.74 Å². The number of fused-ring (bicyclic) bond motifs is 2. The number of nitrogens with two attached hydrogens (primary N) is 1. The Hall–Kier alpha value is -0.110. The highest BCUT2D eigenvalue weighted by atomic mass is 32.2. The summed E-state index contributed by atoms with van der Waals surface area (Å²) in [6.07, 6.45) is 0.862. The molecule has 18 heavy (non-hydrogen) atoms. The fraction of sp³-hybridized carbons (Fsp3) is 0.833. The van der Waals surface area contributed by atoms with Crippen molar-refractivity contribution >= 4 is 11.8 Å². The molecule has 0 aliphatic carbocycles. The Morgan fingerprint density at radius 1 is 1.22 bits per heavy atom. The minimum Gasteiger partial charge on any atom is -0.388 e. The van der Waals surface area contributed by atoms with Crippen molar-refractivity contribution in [2.24, 2.45) is 11.7 Å². The molecule has 5 nitrogen and oxygen atoms in total. The number of aliphatic hydroxyl groups is 3. The van der Waals surface area contributed by atoms with E-state index in [2.05, 4.69) is 6.08 Å². The molecule has 0 saturated carbocycles. The van der Waals surface area contributed by atoms with Crippen molar-refractivity contribution in [1.82, 2.24) is 0 Å². The molecule has 0 amide bonds. The molecule has 104 valence electrons. The highest BCUT2D eigenvalue weighted by Gasteiger charge is 2.46. The molecule has 0 aromatic rings. The van der Waals surface area contributed by atoms with Crippen LogP contribution >= 0.6 is 11.8 Å². The third-order valence-corrected chi connectivity index (χ3v) is 4.79. The molecule has 6 heteroatoms. The van der Waals surface area contributed by atoms with Crippen molar-refractivity contribution in [3.8, 4) is 0 Å². The average molecular weight is 275 g/mol. The lowest BCUT2D eigenvalue weighted by Crippen LogP contribution is -2.62. The minimum absolute atomic E-state index is 0.0517. The quantitative estimate of drug-likeness (QED) is 0.443. The number of thioether (sulfide) groups is 1. The van der Waals surface area contributed by atoms with Gasteiger partial charge in [0.2, 0.25) is 0 Å². The molecule has 1 fully saturated rings. The summed E-state index contributed by atoms with van der Waals surface area (Å²) in [5.41, 5.74) is 5.55. The average Bonchev–Trinajstić information content (AvgIpc) is 2.36. The smallest absolute Gasteiger partial charge is 0.132 e. The molecule has 0 aromatic heterocycles. The molecule has 1 saturated heterocycles. The fourth-order valence-electron chi connectivity index (χ4n) is 2.32. The lowest BCUT2D eigenvalue weighted by Gasteiger charge is -2.43. The predicted molar refractivity (Wildman–Crippen MR) is 70.0 cm³/mol. The van der Waals surface area contributed by atoms with Gasteiger partial charge in [0.05, 0.1) is 0 Å². The van der Waals surface area contributed by atoms with E-state index in [1.54, 1.807) is 0 Å². The van der Waals surface area contributed by atoms with Crippen LogP contribution < -0.4 is 5.73 Å². The highest BCUT2D eigenvalue weighted by molar-refractivity contribution is 7.99. The van der Waals surface area contributed by atoms with Gasteiger partial charge in [0.15, 0.2) is 0 Å². The standard InChI is InChI=1S/C12H21NO4S/c1-6-4-2-3-5-18-12-10(16)8(14)9(15)11(17-12)7(6)13/h2,4,6-12,14-16H,3,5,13H2,1H3/b4-2-/t6-,7+,8-,9+,10+,11+,12+/m0/s1. The third kappa shape index (κ3) is 2.74. The Bertz CT molecular complexity index is 314. The van der Waals surface area contributed by atoms with Gasteiger partial charge in [0.25, 0.3) is 0 Å². The SMILES string of the molecule is C[C@H]1/C=C\CCS[C@H]2O[C@H]([C@@H]1N)[C@H](O)[C@H](O)[C@H]2O. The van der Waals surface area contributed by atoms with Crippen LogP contribution in [0.25, 0.3) is 0 Å². The van der Waals surface area contributed by atoms with Crippen molar-refractivity contribution in [2.75, 3.05) is 5.75 Å². The van der Waals surface area contributed by atoms with E-state index in [9.17, 15) is 15.3 Å². The topological polar surface area (TPSA) is 95.9 Å². The number of rotatable bonds is 0. The highest BCUT2D eigenvalue weighted by Crippen LogP contribution is 2.32. The van der Waals surface area contributed by atoms with Gasteiger partial charge in [-0.25, -0.2) is 0 Å². The summed E-state index contributed by atoms with van der Waals surface area (Å²) in [4.78, 5) is 0. The maximum absolute atomic E-state index is 9.98. The van der Waals surface area contributed by atoms with Gasteiger partial charge in [-0.05, 0) is 18.1 Å². The largest absolute Gasteiger partial charge is 0.388 e. The molecule has 2 aliphatic heterocycles. The van der Waals surface area contributed by atoms with Crippen LogP contribution in [-0.4, -0.2) is 57.0 Å². The van der Waals surface area contributed by atoms with E-state index in [0.29, 0.717) is 0 Å². The molecule has 2 heterocycles. The molecular formula is C12H21NO4S. The first-order valence-electron chi connectivity index (χ1n) is 6.26. The summed E-state index contributed by atoms with van der Waals surface area (Å²) in [6, 6.07) is -0.403. The van der Waals surface area contributed by atoms with Crippen LogP contribution in [0.1, 0.15) is 13.3 Å². The second-order valence-electron chi connectivity index (χ2n) is 4.96. The summed E-state index contributed by atoms with van der Waals surface area (Å²) in [5.74, 6) is 0.853. The van der Waals surface area contributed by atoms with Gasteiger partial charge in [-0.15, -0.1) is 11.8 Å². The number of allylic oxidation sites excluding steroid dienone is 1. The van der Waals surface area contributed by atoms with E-state index < -0.39 is 35.9 Å². The molecule has 5 N–H and O–H groups in total. The zero-order valence-electron chi connectivity index (χ0n) is 10.3. The number of aliphatic hydroxyl groups excluding tert-OH is 3. The van der Waals surface area contributed by atoms with E-state index in [1.807, 2.05) is 13.0 Å². The maximum Gasteiger partial charge on any atom is 0.132 e. The van der Waals surface area contributed by atoms with Crippen LogP contribution in [0, 0.1) is 5.92 Å². The monoisotopic (exact) mass is 275 g/mol. The van der Waals surface area contributed by atoms with Gasteiger partial charge in [-0.2, -0.15) is 0 Å². The Morgan fingerprint density at radius 3 is 2.67 bits per heavy atom. The van der Waals surface area contributed by atoms with Crippen LogP contribution in [0.4, 0.5) is 0 Å². The van der Waals surface area contributed by atoms with Gasteiger partial charge in [-0.3, -0.25) is 0 Å². The summed E-state index contributed by atoms with van der Waals surface area (Å²) in [6.45, 7) is 1.96. The van der Waals surface area contributed by atoms with Crippen molar-refractivity contribution < 1.29 is 20.1 Å². The first kappa shape index (κ1) is 14.3. The number of hydrogen-bond donors (Lipinski definition) is 4.